The molecule has 2 rings (SSSR count). The summed E-state index contributed by atoms with van der Waals surface area (Å²) in [6, 6.07) is 11.3. The van der Waals surface area contributed by atoms with Gasteiger partial charge in [0.2, 0.25) is 0 Å². The lowest BCUT2D eigenvalue weighted by atomic mass is 10.2. The molecule has 5 nitrogen and oxygen atoms in total. The molecule has 0 aliphatic heterocycles. The van der Waals surface area contributed by atoms with E-state index in [4.69, 9.17) is 0 Å². The third kappa shape index (κ3) is 3.59. The summed E-state index contributed by atoms with van der Waals surface area (Å²) >= 11 is 5.45. The number of hydrogen-bond acceptors (Lipinski definition) is 3. The highest BCUT2D eigenvalue weighted by molar-refractivity contribution is 14.1. The van der Waals surface area contributed by atoms with Crippen molar-refractivity contribution in [2.45, 2.75) is 0 Å². The lowest BCUT2D eigenvalue weighted by Crippen LogP contribution is -2.26. The Morgan fingerprint density at radius 3 is 2.43 bits per heavy atom. The van der Waals surface area contributed by atoms with Crippen LogP contribution in [0, 0.1) is 13.7 Å². The molecule has 0 aliphatic rings. The van der Waals surface area contributed by atoms with Gasteiger partial charge in [-0.25, -0.2) is 0 Å². The number of halogens is 2. The number of non-ortho nitro benzene ring substituents is 1. The van der Waals surface area contributed by atoms with Crippen LogP contribution in [0.25, 0.3) is 0 Å². The average molecular weight is 461 g/mol. The van der Waals surface area contributed by atoms with Gasteiger partial charge in [-0.2, -0.15) is 0 Å². The molecule has 0 atom stereocenters. The molecule has 21 heavy (non-hydrogen) atoms. The molecule has 0 saturated heterocycles. The van der Waals surface area contributed by atoms with Gasteiger partial charge in [0.25, 0.3) is 11.6 Å². The van der Waals surface area contributed by atoms with Crippen molar-refractivity contribution in [1.82, 2.24) is 0 Å². The highest BCUT2D eigenvalue weighted by Gasteiger charge is 2.17. The lowest BCUT2D eigenvalue weighted by Gasteiger charge is -2.18. The number of anilines is 1. The van der Waals surface area contributed by atoms with Crippen LogP contribution >= 0.6 is 38.5 Å². The van der Waals surface area contributed by atoms with Crippen molar-refractivity contribution in [2.24, 2.45) is 0 Å². The van der Waals surface area contributed by atoms with Crippen LogP contribution in [0.1, 0.15) is 10.4 Å². The number of amides is 1. The van der Waals surface area contributed by atoms with E-state index in [0.29, 0.717) is 11.3 Å². The maximum absolute atomic E-state index is 12.5. The summed E-state index contributed by atoms with van der Waals surface area (Å²) in [6.07, 6.45) is 0. The molecule has 0 N–H and O–H groups in total. The van der Waals surface area contributed by atoms with E-state index in [2.05, 4.69) is 38.5 Å². The molecule has 0 aromatic heterocycles. The summed E-state index contributed by atoms with van der Waals surface area (Å²) < 4.78 is 1.66. The van der Waals surface area contributed by atoms with E-state index in [1.807, 2.05) is 12.1 Å². The lowest BCUT2D eigenvalue weighted by molar-refractivity contribution is -0.384. The number of benzene rings is 2. The van der Waals surface area contributed by atoms with Crippen molar-refractivity contribution >= 4 is 55.8 Å². The summed E-state index contributed by atoms with van der Waals surface area (Å²) in [4.78, 5) is 24.1. The Labute approximate surface area is 143 Å². The maximum atomic E-state index is 12.5. The molecular weight excluding hydrogens is 451 g/mol. The Bertz CT molecular complexity index is 704. The van der Waals surface area contributed by atoms with Crippen LogP contribution in [0.2, 0.25) is 0 Å². The SMILES string of the molecule is CN(C(=O)c1cc(Br)ccc1I)c1ccc([N+](=O)[O-])cc1. The minimum Gasteiger partial charge on any atom is -0.311 e. The molecular formula is C14H10BrIN2O3. The van der Waals surface area contributed by atoms with E-state index < -0.39 is 4.92 Å². The fourth-order valence-corrected chi connectivity index (χ4v) is 2.68. The Kier molecular flexibility index (Phi) is 4.94. The van der Waals surface area contributed by atoms with Gasteiger partial charge in [-0.15, -0.1) is 0 Å². The van der Waals surface area contributed by atoms with Crippen molar-refractivity contribution in [3.8, 4) is 0 Å². The van der Waals surface area contributed by atoms with E-state index in [9.17, 15) is 14.9 Å². The third-order valence-electron chi connectivity index (χ3n) is 2.91. The van der Waals surface area contributed by atoms with Crippen molar-refractivity contribution < 1.29 is 9.72 Å². The van der Waals surface area contributed by atoms with E-state index in [1.54, 1.807) is 25.2 Å². The number of rotatable bonds is 3. The van der Waals surface area contributed by atoms with Gasteiger partial charge in [-0.3, -0.25) is 14.9 Å². The minimum absolute atomic E-state index is 0.00312. The first-order chi connectivity index (χ1) is 9.90. The molecule has 7 heteroatoms. The molecule has 108 valence electrons. The predicted octanol–water partition coefficient (Wildman–Crippen LogP) is 4.24. The molecule has 0 bridgehead atoms. The summed E-state index contributed by atoms with van der Waals surface area (Å²) in [6.45, 7) is 0. The number of hydrogen-bond donors (Lipinski definition) is 0. The second-order valence-electron chi connectivity index (χ2n) is 4.26. The molecule has 0 fully saturated rings. The predicted molar refractivity (Wildman–Crippen MR) is 92.7 cm³/mol. The van der Waals surface area contributed by atoms with E-state index in [-0.39, 0.29) is 11.6 Å². The maximum Gasteiger partial charge on any atom is 0.269 e. The van der Waals surface area contributed by atoms with Gasteiger partial charge in [-0.05, 0) is 52.9 Å². The first kappa shape index (κ1) is 15.9. The number of carbonyl (C=O) groups excluding carboxylic acids is 1. The molecule has 2 aromatic carbocycles. The van der Waals surface area contributed by atoms with E-state index >= 15 is 0 Å². The Balaban J connectivity index is 2.30. The zero-order chi connectivity index (χ0) is 15.6. The smallest absolute Gasteiger partial charge is 0.269 e. The highest BCUT2D eigenvalue weighted by Crippen LogP contribution is 2.23. The van der Waals surface area contributed by atoms with Crippen LogP contribution in [0.3, 0.4) is 0 Å². The standard InChI is InChI=1S/C14H10BrIN2O3/c1-17(10-3-5-11(6-4-10)18(20)21)14(19)12-8-9(15)2-7-13(12)16/h2-8H,1H3. The van der Waals surface area contributed by atoms with Crippen LogP contribution in [0.15, 0.2) is 46.9 Å². The molecule has 0 heterocycles. The van der Waals surface area contributed by atoms with Crippen LogP contribution < -0.4 is 4.90 Å². The molecule has 0 spiro atoms. The van der Waals surface area contributed by atoms with Gasteiger partial charge in [0.15, 0.2) is 0 Å². The fraction of sp³-hybridized carbons (Fsp3) is 0.0714. The van der Waals surface area contributed by atoms with Crippen LogP contribution in [-0.4, -0.2) is 17.9 Å². The van der Waals surface area contributed by atoms with Gasteiger partial charge in [0.05, 0.1) is 10.5 Å². The normalized spacial score (nSPS) is 10.2. The summed E-state index contributed by atoms with van der Waals surface area (Å²) in [5, 5.41) is 10.6. The number of carbonyl (C=O) groups is 1. The van der Waals surface area contributed by atoms with Crippen molar-refractivity contribution in [3.63, 3.8) is 0 Å². The molecule has 0 aliphatic carbocycles. The molecule has 2 aromatic rings. The second kappa shape index (κ2) is 6.52. The molecule has 0 radical (unpaired) electrons. The number of nitrogens with zero attached hydrogens (tertiary/aromatic N) is 2. The largest absolute Gasteiger partial charge is 0.311 e. The van der Waals surface area contributed by atoms with Crippen molar-refractivity contribution in [2.75, 3.05) is 11.9 Å². The minimum atomic E-state index is -0.469. The van der Waals surface area contributed by atoms with Gasteiger partial charge in [-0.1, -0.05) is 15.9 Å². The Morgan fingerprint density at radius 1 is 1.24 bits per heavy atom. The Hall–Kier alpha value is -1.48. The zero-order valence-corrected chi connectivity index (χ0v) is 14.7. The summed E-state index contributed by atoms with van der Waals surface area (Å²) in [7, 11) is 1.64. The first-order valence-electron chi connectivity index (χ1n) is 5.87. The van der Waals surface area contributed by atoms with Crippen LogP contribution in [0.5, 0.6) is 0 Å². The topological polar surface area (TPSA) is 63.5 Å². The Morgan fingerprint density at radius 2 is 1.86 bits per heavy atom. The molecule has 0 saturated carbocycles. The van der Waals surface area contributed by atoms with E-state index in [1.165, 1.54) is 17.0 Å². The number of nitro groups is 1. The zero-order valence-electron chi connectivity index (χ0n) is 10.9. The summed E-state index contributed by atoms with van der Waals surface area (Å²) in [5.74, 6) is -0.172. The third-order valence-corrected chi connectivity index (χ3v) is 4.35. The van der Waals surface area contributed by atoms with Gasteiger partial charge in [0, 0.05) is 32.9 Å². The fourth-order valence-electron chi connectivity index (χ4n) is 1.76. The van der Waals surface area contributed by atoms with Gasteiger partial charge >= 0.3 is 0 Å². The first-order valence-corrected chi connectivity index (χ1v) is 7.75. The van der Waals surface area contributed by atoms with Gasteiger partial charge < -0.3 is 4.90 Å². The quantitative estimate of drug-likeness (QED) is 0.391. The summed E-state index contributed by atoms with van der Waals surface area (Å²) in [5.41, 5.74) is 1.17. The number of nitro benzene ring substituents is 1. The van der Waals surface area contributed by atoms with Crippen molar-refractivity contribution in [3.05, 3.63) is 66.2 Å². The molecule has 1 amide bonds. The van der Waals surface area contributed by atoms with E-state index in [0.717, 1.165) is 8.04 Å². The second-order valence-corrected chi connectivity index (χ2v) is 6.34. The van der Waals surface area contributed by atoms with Gasteiger partial charge in [0.1, 0.15) is 0 Å². The van der Waals surface area contributed by atoms with Crippen molar-refractivity contribution in [1.29, 1.82) is 0 Å². The van der Waals surface area contributed by atoms with Crippen LogP contribution in [-0.2, 0) is 0 Å². The molecule has 0 unspecified atom stereocenters. The monoisotopic (exact) mass is 460 g/mol. The highest BCUT2D eigenvalue weighted by atomic mass is 127. The van der Waals surface area contributed by atoms with Crippen LogP contribution in [0.4, 0.5) is 11.4 Å². The average Bonchev–Trinajstić information content (AvgIpc) is 2.48.